The minimum absolute atomic E-state index is 0.0619. The van der Waals surface area contributed by atoms with E-state index in [-0.39, 0.29) is 17.9 Å². The van der Waals surface area contributed by atoms with Gasteiger partial charge in [0.2, 0.25) is 10.0 Å². The van der Waals surface area contributed by atoms with E-state index < -0.39 is 22.0 Å². The van der Waals surface area contributed by atoms with Gasteiger partial charge in [-0.15, -0.1) is 12.3 Å². The highest BCUT2D eigenvalue weighted by molar-refractivity contribution is 7.89. The summed E-state index contributed by atoms with van der Waals surface area (Å²) in [5.41, 5.74) is 0.864. The molecule has 7 nitrogen and oxygen atoms in total. The van der Waals surface area contributed by atoms with Gasteiger partial charge in [0.15, 0.2) is 0 Å². The van der Waals surface area contributed by atoms with Crippen LogP contribution < -0.4 is 4.72 Å². The third kappa shape index (κ3) is 4.06. The van der Waals surface area contributed by atoms with Crippen LogP contribution >= 0.6 is 0 Å². The summed E-state index contributed by atoms with van der Waals surface area (Å²) in [7, 11) is -2.20. The molecule has 0 saturated carbocycles. The van der Waals surface area contributed by atoms with Crippen LogP contribution in [0.2, 0.25) is 0 Å². The average Bonchev–Trinajstić information content (AvgIpc) is 2.63. The van der Waals surface area contributed by atoms with Gasteiger partial charge in [-0.25, -0.2) is 8.42 Å². The molecular formula is C13H19N3O4S. The molecule has 1 aromatic heterocycles. The van der Waals surface area contributed by atoms with Crippen molar-refractivity contribution in [1.82, 2.24) is 14.5 Å². The monoisotopic (exact) mass is 313 g/mol. The van der Waals surface area contributed by atoms with Crippen molar-refractivity contribution in [1.29, 1.82) is 0 Å². The van der Waals surface area contributed by atoms with Crippen molar-refractivity contribution in [2.24, 2.45) is 7.05 Å². The summed E-state index contributed by atoms with van der Waals surface area (Å²) in [6.45, 7) is 4.71. The minimum atomic E-state index is -3.85. The summed E-state index contributed by atoms with van der Waals surface area (Å²) in [6.07, 6.45) is 5.33. The Morgan fingerprint density at radius 2 is 2.14 bits per heavy atom. The zero-order valence-electron chi connectivity index (χ0n) is 12.5. The first kappa shape index (κ1) is 17.2. The zero-order valence-corrected chi connectivity index (χ0v) is 13.3. The van der Waals surface area contributed by atoms with Crippen molar-refractivity contribution in [3.05, 3.63) is 11.4 Å². The largest absolute Gasteiger partial charge is 0.463 e. The SMILES string of the molecule is C#CCCOC(=O)[C@@H](C)NS(=O)(=O)c1c(C)nn(C)c1C. The second-order valence-corrected chi connectivity index (χ2v) is 6.24. The van der Waals surface area contributed by atoms with Gasteiger partial charge in [-0.1, -0.05) is 0 Å². The lowest BCUT2D eigenvalue weighted by Crippen LogP contribution is -2.40. The van der Waals surface area contributed by atoms with Crippen LogP contribution in [0.3, 0.4) is 0 Å². The number of carbonyl (C=O) groups excluding carboxylic acids is 1. The topological polar surface area (TPSA) is 90.3 Å². The third-order valence-corrected chi connectivity index (χ3v) is 4.68. The molecule has 0 amide bonds. The molecule has 0 aliphatic heterocycles. The Balaban J connectivity index is 2.86. The Labute approximate surface area is 124 Å². The highest BCUT2D eigenvalue weighted by Gasteiger charge is 2.28. The molecule has 1 atom stereocenters. The maximum atomic E-state index is 12.3. The lowest BCUT2D eigenvalue weighted by Gasteiger charge is -2.13. The Bertz CT molecular complexity index is 670. The highest BCUT2D eigenvalue weighted by Crippen LogP contribution is 2.18. The molecule has 0 aliphatic rings. The van der Waals surface area contributed by atoms with Gasteiger partial charge in [0.25, 0.3) is 0 Å². The standard InChI is InChI=1S/C13H19N3O4S/c1-6-7-8-20-13(17)10(3)15-21(18,19)12-9(2)14-16(5)11(12)4/h1,10,15H,7-8H2,2-5H3/t10-/m1/s1. The first-order valence-corrected chi connectivity index (χ1v) is 7.81. The fourth-order valence-electron chi connectivity index (χ4n) is 1.82. The van der Waals surface area contributed by atoms with Gasteiger partial charge in [-0.05, 0) is 20.8 Å². The van der Waals surface area contributed by atoms with E-state index in [2.05, 4.69) is 15.7 Å². The maximum Gasteiger partial charge on any atom is 0.323 e. The fourth-order valence-corrected chi connectivity index (χ4v) is 3.45. The van der Waals surface area contributed by atoms with Gasteiger partial charge in [-0.3, -0.25) is 9.48 Å². The van der Waals surface area contributed by atoms with Crippen molar-refractivity contribution in [3.63, 3.8) is 0 Å². The third-order valence-electron chi connectivity index (χ3n) is 2.89. The van der Waals surface area contributed by atoms with E-state index >= 15 is 0 Å². The quantitative estimate of drug-likeness (QED) is 0.462. The van der Waals surface area contributed by atoms with Crippen LogP contribution in [0.5, 0.6) is 0 Å². The number of carbonyl (C=O) groups is 1. The highest BCUT2D eigenvalue weighted by atomic mass is 32.2. The number of hydrogen-bond donors (Lipinski definition) is 1. The first-order chi connectivity index (χ1) is 9.70. The normalized spacial score (nSPS) is 12.7. The van der Waals surface area contributed by atoms with Crippen molar-refractivity contribution >= 4 is 16.0 Å². The maximum absolute atomic E-state index is 12.3. The van der Waals surface area contributed by atoms with Crippen LogP contribution in [-0.2, 0) is 26.6 Å². The number of esters is 1. The smallest absolute Gasteiger partial charge is 0.323 e. The average molecular weight is 313 g/mol. The van der Waals surface area contributed by atoms with Crippen molar-refractivity contribution in [3.8, 4) is 12.3 Å². The summed E-state index contributed by atoms with van der Waals surface area (Å²) in [6, 6.07) is -1.01. The van der Waals surface area contributed by atoms with E-state index in [1.807, 2.05) is 0 Å². The van der Waals surface area contributed by atoms with E-state index in [0.29, 0.717) is 11.4 Å². The Hall–Kier alpha value is -1.85. The lowest BCUT2D eigenvalue weighted by molar-refractivity contribution is -0.144. The molecule has 0 bridgehead atoms. The van der Waals surface area contributed by atoms with Gasteiger partial charge in [0.1, 0.15) is 17.5 Å². The Morgan fingerprint density at radius 3 is 2.62 bits per heavy atom. The van der Waals surface area contributed by atoms with E-state index in [1.54, 1.807) is 20.9 Å². The molecule has 0 spiro atoms. The molecule has 1 heterocycles. The zero-order chi connectivity index (χ0) is 16.2. The number of aromatic nitrogens is 2. The van der Waals surface area contributed by atoms with E-state index in [4.69, 9.17) is 11.2 Å². The molecule has 0 aromatic carbocycles. The van der Waals surface area contributed by atoms with Gasteiger partial charge in [-0.2, -0.15) is 9.82 Å². The molecule has 21 heavy (non-hydrogen) atoms. The van der Waals surface area contributed by atoms with Crippen LogP contribution in [0.15, 0.2) is 4.90 Å². The molecule has 8 heteroatoms. The van der Waals surface area contributed by atoms with Gasteiger partial charge in [0.05, 0.1) is 11.4 Å². The summed E-state index contributed by atoms with van der Waals surface area (Å²) >= 11 is 0. The predicted octanol–water partition coefficient (Wildman–Crippen LogP) is 0.270. The van der Waals surface area contributed by atoms with Crippen molar-refractivity contribution in [2.75, 3.05) is 6.61 Å². The van der Waals surface area contributed by atoms with Gasteiger partial charge >= 0.3 is 5.97 Å². The van der Waals surface area contributed by atoms with Crippen LogP contribution in [0.1, 0.15) is 24.7 Å². The van der Waals surface area contributed by atoms with Crippen LogP contribution in [0.25, 0.3) is 0 Å². The number of rotatable bonds is 6. The Morgan fingerprint density at radius 1 is 1.52 bits per heavy atom. The van der Waals surface area contributed by atoms with E-state index in [9.17, 15) is 13.2 Å². The number of nitrogens with one attached hydrogen (secondary N) is 1. The fraction of sp³-hybridized carbons (Fsp3) is 0.538. The number of aryl methyl sites for hydroxylation is 2. The number of nitrogens with zero attached hydrogens (tertiary/aromatic N) is 2. The van der Waals surface area contributed by atoms with Crippen molar-refractivity contribution < 1.29 is 17.9 Å². The lowest BCUT2D eigenvalue weighted by atomic mass is 10.4. The molecule has 0 unspecified atom stereocenters. The molecule has 0 fully saturated rings. The van der Waals surface area contributed by atoms with Crippen LogP contribution in [0.4, 0.5) is 0 Å². The first-order valence-electron chi connectivity index (χ1n) is 6.33. The molecular weight excluding hydrogens is 294 g/mol. The second kappa shape index (κ2) is 6.74. The summed E-state index contributed by atoms with van der Waals surface area (Å²) in [5, 5.41) is 4.05. The number of hydrogen-bond acceptors (Lipinski definition) is 5. The number of sulfonamides is 1. The molecule has 0 saturated heterocycles. The predicted molar refractivity (Wildman–Crippen MR) is 76.9 cm³/mol. The molecule has 1 aromatic rings. The second-order valence-electron chi connectivity index (χ2n) is 4.59. The summed E-state index contributed by atoms with van der Waals surface area (Å²) < 4.78 is 33.3. The molecule has 1 rings (SSSR count). The number of ether oxygens (including phenoxy) is 1. The van der Waals surface area contributed by atoms with Crippen molar-refractivity contribution in [2.45, 2.75) is 38.1 Å². The Kier molecular flexibility index (Phi) is 5.52. The molecule has 0 radical (unpaired) electrons. The molecule has 116 valence electrons. The van der Waals surface area contributed by atoms with Crippen LogP contribution in [-0.4, -0.2) is 36.8 Å². The summed E-state index contributed by atoms with van der Waals surface area (Å²) in [4.78, 5) is 11.7. The molecule has 0 aliphatic carbocycles. The van der Waals surface area contributed by atoms with E-state index in [0.717, 1.165) is 0 Å². The van der Waals surface area contributed by atoms with Gasteiger partial charge < -0.3 is 4.74 Å². The molecule has 1 N–H and O–H groups in total. The number of terminal acetylenes is 1. The van der Waals surface area contributed by atoms with Gasteiger partial charge in [0, 0.05) is 13.5 Å². The van der Waals surface area contributed by atoms with Crippen LogP contribution in [0, 0.1) is 26.2 Å². The van der Waals surface area contributed by atoms with E-state index in [1.165, 1.54) is 11.6 Å². The summed E-state index contributed by atoms with van der Waals surface area (Å²) in [5.74, 6) is 1.65. The minimum Gasteiger partial charge on any atom is -0.463 e.